The van der Waals surface area contributed by atoms with E-state index in [1.165, 1.54) is 5.56 Å². The van der Waals surface area contributed by atoms with E-state index in [4.69, 9.17) is 8.92 Å². The topological polar surface area (TPSA) is 64.6 Å². The van der Waals surface area contributed by atoms with Gasteiger partial charge in [0.05, 0.1) is 6.61 Å². The minimum absolute atomic E-state index is 0.0975. The molecule has 0 spiro atoms. The van der Waals surface area contributed by atoms with Gasteiger partial charge in [-0.1, -0.05) is 35.9 Å². The number of allylic oxidation sites excluding steroid dienone is 1. The van der Waals surface area contributed by atoms with Gasteiger partial charge in [0.1, 0.15) is 4.90 Å². The molecule has 0 aliphatic carbocycles. The van der Waals surface area contributed by atoms with Gasteiger partial charge < -0.3 is 14.2 Å². The fourth-order valence-electron chi connectivity index (χ4n) is 3.31. The van der Waals surface area contributed by atoms with Gasteiger partial charge in [-0.25, -0.2) is 0 Å². The van der Waals surface area contributed by atoms with Crippen LogP contribution in [0, 0.1) is 13.8 Å². The summed E-state index contributed by atoms with van der Waals surface area (Å²) in [6, 6.07) is 18.4. The lowest BCUT2D eigenvalue weighted by Crippen LogP contribution is -2.13. The lowest BCUT2D eigenvalue weighted by Gasteiger charge is -2.18. The molecule has 32 heavy (non-hydrogen) atoms. The molecule has 5 nitrogen and oxygen atoms in total. The van der Waals surface area contributed by atoms with Gasteiger partial charge in [0.25, 0.3) is 0 Å². The maximum Gasteiger partial charge on any atom is 0.339 e. The lowest BCUT2D eigenvalue weighted by atomic mass is 10.1. The summed E-state index contributed by atoms with van der Waals surface area (Å²) in [5.74, 6) is 0.593. The Bertz CT molecular complexity index is 1180. The second-order valence-electron chi connectivity index (χ2n) is 7.58. The van der Waals surface area contributed by atoms with Crippen LogP contribution in [0.2, 0.25) is 0 Å². The molecule has 0 aliphatic heterocycles. The van der Waals surface area contributed by atoms with E-state index in [9.17, 15) is 8.42 Å². The predicted molar refractivity (Wildman–Crippen MR) is 129 cm³/mol. The molecule has 1 N–H and O–H groups in total. The summed E-state index contributed by atoms with van der Waals surface area (Å²) in [7, 11) is -4.01. The Hall–Kier alpha value is -3.25. The summed E-state index contributed by atoms with van der Waals surface area (Å²) in [6.07, 6.45) is 2.16. The molecule has 3 aromatic rings. The van der Waals surface area contributed by atoms with Crippen molar-refractivity contribution in [2.45, 2.75) is 38.6 Å². The van der Waals surface area contributed by atoms with Crippen molar-refractivity contribution < 1.29 is 17.3 Å². The van der Waals surface area contributed by atoms with Crippen molar-refractivity contribution in [2.75, 3.05) is 11.9 Å². The van der Waals surface area contributed by atoms with Crippen molar-refractivity contribution in [3.8, 4) is 11.5 Å². The fourth-order valence-corrected chi connectivity index (χ4v) is 4.29. The van der Waals surface area contributed by atoms with E-state index in [1.807, 2.05) is 51.1 Å². The van der Waals surface area contributed by atoms with E-state index in [-0.39, 0.29) is 10.6 Å². The van der Waals surface area contributed by atoms with Gasteiger partial charge in [0.15, 0.2) is 11.5 Å². The summed E-state index contributed by atoms with van der Waals surface area (Å²) < 4.78 is 37.3. The summed E-state index contributed by atoms with van der Waals surface area (Å²) in [4.78, 5) is 0.0975. The Morgan fingerprint density at radius 2 is 1.75 bits per heavy atom. The highest BCUT2D eigenvalue weighted by molar-refractivity contribution is 7.87. The molecule has 6 heteroatoms. The number of aryl methyl sites for hydroxylation is 2. The first-order valence-electron chi connectivity index (χ1n) is 10.5. The molecule has 0 saturated heterocycles. The lowest BCUT2D eigenvalue weighted by molar-refractivity contribution is 0.326. The third kappa shape index (κ3) is 5.92. The second kappa shape index (κ2) is 10.4. The summed E-state index contributed by atoms with van der Waals surface area (Å²) in [5, 5.41) is 3.40. The monoisotopic (exact) mass is 451 g/mol. The quantitative estimate of drug-likeness (QED) is 0.311. The van der Waals surface area contributed by atoms with Gasteiger partial charge >= 0.3 is 10.1 Å². The molecule has 0 aliphatic rings. The van der Waals surface area contributed by atoms with Crippen molar-refractivity contribution in [1.29, 1.82) is 0 Å². The van der Waals surface area contributed by atoms with Crippen LogP contribution >= 0.6 is 0 Å². The van der Waals surface area contributed by atoms with Crippen LogP contribution in [0.5, 0.6) is 11.5 Å². The molecule has 0 unspecified atom stereocenters. The summed E-state index contributed by atoms with van der Waals surface area (Å²) in [5.41, 5.74) is 4.80. The van der Waals surface area contributed by atoms with Crippen LogP contribution in [0.15, 0.2) is 78.2 Å². The molecular weight excluding hydrogens is 422 g/mol. The van der Waals surface area contributed by atoms with Gasteiger partial charge in [0.2, 0.25) is 0 Å². The number of benzene rings is 3. The van der Waals surface area contributed by atoms with E-state index in [0.717, 1.165) is 16.8 Å². The number of nitrogens with one attached hydrogen (secondary N) is 1. The van der Waals surface area contributed by atoms with Crippen LogP contribution in [0.1, 0.15) is 29.2 Å². The van der Waals surface area contributed by atoms with Gasteiger partial charge in [-0.3, -0.25) is 0 Å². The zero-order chi connectivity index (χ0) is 23.1. The zero-order valence-corrected chi connectivity index (χ0v) is 19.5. The van der Waals surface area contributed by atoms with Crippen LogP contribution in [0.25, 0.3) is 0 Å². The van der Waals surface area contributed by atoms with Crippen molar-refractivity contribution in [1.82, 2.24) is 0 Å². The van der Waals surface area contributed by atoms with Crippen LogP contribution in [-0.4, -0.2) is 15.0 Å². The predicted octanol–water partition coefficient (Wildman–Crippen LogP) is 5.81. The summed E-state index contributed by atoms with van der Waals surface area (Å²) >= 11 is 0. The zero-order valence-electron chi connectivity index (χ0n) is 18.7. The Labute approximate surface area is 190 Å². The largest absolute Gasteiger partial charge is 0.490 e. The number of rotatable bonds is 10. The van der Waals surface area contributed by atoms with Crippen molar-refractivity contribution >= 4 is 15.8 Å². The number of anilines is 1. The highest BCUT2D eigenvalue weighted by Gasteiger charge is 2.22. The molecular formula is C26H29NO4S. The van der Waals surface area contributed by atoms with Gasteiger partial charge in [-0.05, 0) is 74.7 Å². The Morgan fingerprint density at radius 3 is 2.41 bits per heavy atom. The molecule has 3 aromatic carbocycles. The van der Waals surface area contributed by atoms with Gasteiger partial charge in [-0.2, -0.15) is 8.42 Å². The third-order valence-electron chi connectivity index (χ3n) is 4.87. The van der Waals surface area contributed by atoms with Crippen molar-refractivity contribution in [3.63, 3.8) is 0 Å². The van der Waals surface area contributed by atoms with Crippen LogP contribution in [0.4, 0.5) is 5.69 Å². The first kappa shape index (κ1) is 23.4. The highest BCUT2D eigenvalue weighted by Crippen LogP contribution is 2.36. The SMILES string of the molecule is C=CCc1cc(CNc2cccc(C)c2)cc(OCC)c1OS(=O)(=O)c1ccc(C)cc1. The standard InChI is InChI=1S/C26H29NO4S/c1-5-8-22-16-21(18-27-23-10-7-9-20(4)15-23)17-25(30-6-2)26(22)31-32(28,29)24-13-11-19(3)12-14-24/h5,7,9-17,27H,1,6,8,18H2,2-4H3. The van der Waals surface area contributed by atoms with Gasteiger partial charge in [0, 0.05) is 17.8 Å². The number of hydrogen-bond donors (Lipinski definition) is 1. The normalized spacial score (nSPS) is 11.1. The fraction of sp³-hybridized carbons (Fsp3) is 0.231. The minimum atomic E-state index is -4.01. The first-order valence-corrected chi connectivity index (χ1v) is 11.9. The maximum atomic E-state index is 12.9. The molecule has 0 saturated carbocycles. The molecule has 0 aromatic heterocycles. The van der Waals surface area contributed by atoms with Crippen LogP contribution < -0.4 is 14.2 Å². The molecule has 0 radical (unpaired) electrons. The number of hydrogen-bond acceptors (Lipinski definition) is 5. The molecule has 0 amide bonds. The van der Waals surface area contributed by atoms with E-state index in [2.05, 4.69) is 18.0 Å². The smallest absolute Gasteiger partial charge is 0.339 e. The molecule has 0 heterocycles. The van der Waals surface area contributed by atoms with Crippen LogP contribution in [-0.2, 0) is 23.1 Å². The Kier molecular flexibility index (Phi) is 7.59. The molecule has 0 atom stereocenters. The Morgan fingerprint density at radius 1 is 1.00 bits per heavy atom. The van der Waals surface area contributed by atoms with Crippen molar-refractivity contribution in [3.05, 3.63) is 95.6 Å². The molecule has 0 bridgehead atoms. The minimum Gasteiger partial charge on any atom is -0.490 e. The number of ether oxygens (including phenoxy) is 1. The van der Waals surface area contributed by atoms with E-state index in [0.29, 0.717) is 30.9 Å². The third-order valence-corrected chi connectivity index (χ3v) is 6.11. The van der Waals surface area contributed by atoms with E-state index in [1.54, 1.807) is 30.3 Å². The van der Waals surface area contributed by atoms with Crippen molar-refractivity contribution in [2.24, 2.45) is 0 Å². The highest BCUT2D eigenvalue weighted by atomic mass is 32.2. The van der Waals surface area contributed by atoms with Crippen LogP contribution in [0.3, 0.4) is 0 Å². The first-order chi connectivity index (χ1) is 15.3. The van der Waals surface area contributed by atoms with Gasteiger partial charge in [-0.15, -0.1) is 6.58 Å². The van der Waals surface area contributed by atoms with E-state index < -0.39 is 10.1 Å². The Balaban J connectivity index is 1.95. The molecule has 168 valence electrons. The second-order valence-corrected chi connectivity index (χ2v) is 9.13. The maximum absolute atomic E-state index is 12.9. The summed E-state index contributed by atoms with van der Waals surface area (Å²) in [6.45, 7) is 10.5. The van der Waals surface area contributed by atoms with E-state index >= 15 is 0 Å². The molecule has 3 rings (SSSR count). The average Bonchev–Trinajstić information content (AvgIpc) is 2.75. The average molecular weight is 452 g/mol. The molecule has 0 fully saturated rings.